The van der Waals surface area contributed by atoms with Crippen molar-refractivity contribution in [2.24, 2.45) is 0 Å². The standard InChI is InChI=1S/C13H21N5O3S/c1-18(2)5-4-14-12-7-11(15-9-16-12)13(19)17-10-3-6-22(20,21)8-10/h7,9-10H,3-6,8H2,1-2H3,(H,17,19)(H,14,15,16). The van der Waals surface area contributed by atoms with E-state index in [-0.39, 0.29) is 29.1 Å². The van der Waals surface area contributed by atoms with Crippen molar-refractivity contribution in [1.82, 2.24) is 20.2 Å². The molecule has 0 aromatic carbocycles. The average molecular weight is 327 g/mol. The highest BCUT2D eigenvalue weighted by atomic mass is 32.2. The van der Waals surface area contributed by atoms with Crippen LogP contribution >= 0.6 is 0 Å². The number of amides is 1. The fourth-order valence-corrected chi connectivity index (χ4v) is 3.83. The largest absolute Gasteiger partial charge is 0.369 e. The fourth-order valence-electron chi connectivity index (χ4n) is 2.15. The van der Waals surface area contributed by atoms with Gasteiger partial charge in [-0.15, -0.1) is 0 Å². The van der Waals surface area contributed by atoms with E-state index in [1.165, 1.54) is 6.33 Å². The summed E-state index contributed by atoms with van der Waals surface area (Å²) in [4.78, 5) is 22.1. The minimum absolute atomic E-state index is 0.00222. The summed E-state index contributed by atoms with van der Waals surface area (Å²) in [6.07, 6.45) is 1.77. The van der Waals surface area contributed by atoms with Gasteiger partial charge in [0.05, 0.1) is 11.5 Å². The predicted molar refractivity (Wildman–Crippen MR) is 83.6 cm³/mol. The van der Waals surface area contributed by atoms with Gasteiger partial charge in [0.2, 0.25) is 0 Å². The van der Waals surface area contributed by atoms with Gasteiger partial charge in [0.1, 0.15) is 17.8 Å². The van der Waals surface area contributed by atoms with E-state index in [0.717, 1.165) is 6.54 Å². The zero-order chi connectivity index (χ0) is 16.2. The number of aromatic nitrogens is 2. The average Bonchev–Trinajstić information content (AvgIpc) is 2.78. The van der Waals surface area contributed by atoms with Crippen molar-refractivity contribution in [2.45, 2.75) is 12.5 Å². The molecule has 8 nitrogen and oxygen atoms in total. The van der Waals surface area contributed by atoms with Crippen molar-refractivity contribution in [3.8, 4) is 0 Å². The second-order valence-electron chi connectivity index (χ2n) is 5.59. The molecule has 2 heterocycles. The number of hydrogen-bond acceptors (Lipinski definition) is 7. The van der Waals surface area contributed by atoms with E-state index in [1.54, 1.807) is 6.07 Å². The van der Waals surface area contributed by atoms with E-state index in [0.29, 0.717) is 18.8 Å². The number of likely N-dealkylation sites (N-methyl/N-ethyl adjacent to an activating group) is 1. The first-order valence-electron chi connectivity index (χ1n) is 7.08. The van der Waals surface area contributed by atoms with Crippen LogP contribution in [0.15, 0.2) is 12.4 Å². The van der Waals surface area contributed by atoms with Crippen molar-refractivity contribution in [3.05, 3.63) is 18.1 Å². The summed E-state index contributed by atoms with van der Waals surface area (Å²) in [5.74, 6) is 0.317. The number of hydrogen-bond donors (Lipinski definition) is 2. The third-order valence-electron chi connectivity index (χ3n) is 3.33. The van der Waals surface area contributed by atoms with Gasteiger partial charge in [-0.05, 0) is 20.5 Å². The first-order chi connectivity index (χ1) is 10.4. The molecule has 1 unspecified atom stereocenters. The maximum atomic E-state index is 12.1. The molecule has 1 aromatic heterocycles. The van der Waals surface area contributed by atoms with E-state index in [1.807, 2.05) is 19.0 Å². The first-order valence-corrected chi connectivity index (χ1v) is 8.90. The topological polar surface area (TPSA) is 104 Å². The van der Waals surface area contributed by atoms with Crippen LogP contribution in [0, 0.1) is 0 Å². The molecule has 1 aliphatic heterocycles. The molecule has 1 amide bonds. The number of carbonyl (C=O) groups excluding carboxylic acids is 1. The molecular formula is C13H21N5O3S. The molecule has 0 spiro atoms. The normalized spacial score (nSPS) is 20.0. The van der Waals surface area contributed by atoms with Crippen LogP contribution in [0.2, 0.25) is 0 Å². The molecule has 1 fully saturated rings. The molecule has 9 heteroatoms. The Morgan fingerprint density at radius 2 is 2.18 bits per heavy atom. The van der Waals surface area contributed by atoms with Crippen molar-refractivity contribution in [1.29, 1.82) is 0 Å². The Morgan fingerprint density at radius 1 is 1.41 bits per heavy atom. The summed E-state index contributed by atoms with van der Waals surface area (Å²) in [5, 5.41) is 5.82. The first kappa shape index (κ1) is 16.6. The number of carbonyl (C=O) groups is 1. The van der Waals surface area contributed by atoms with Gasteiger partial charge in [0.25, 0.3) is 5.91 Å². The lowest BCUT2D eigenvalue weighted by Gasteiger charge is -2.12. The molecule has 0 radical (unpaired) electrons. The van der Waals surface area contributed by atoms with E-state index < -0.39 is 9.84 Å². The van der Waals surface area contributed by atoms with Crippen molar-refractivity contribution in [3.63, 3.8) is 0 Å². The highest BCUT2D eigenvalue weighted by molar-refractivity contribution is 7.91. The lowest BCUT2D eigenvalue weighted by molar-refractivity contribution is 0.0936. The second kappa shape index (κ2) is 7.01. The maximum absolute atomic E-state index is 12.1. The van der Waals surface area contributed by atoms with Crippen molar-refractivity contribution >= 4 is 21.6 Å². The zero-order valence-electron chi connectivity index (χ0n) is 12.7. The Kier molecular flexibility index (Phi) is 5.30. The quantitative estimate of drug-likeness (QED) is 0.716. The van der Waals surface area contributed by atoms with Crippen LogP contribution in [0.5, 0.6) is 0 Å². The van der Waals surface area contributed by atoms with Gasteiger partial charge in [-0.2, -0.15) is 0 Å². The van der Waals surface area contributed by atoms with Crippen LogP contribution in [0.25, 0.3) is 0 Å². The molecule has 2 N–H and O–H groups in total. The molecule has 2 rings (SSSR count). The molecule has 1 saturated heterocycles. The molecule has 1 atom stereocenters. The van der Waals surface area contributed by atoms with Crippen LogP contribution in [0.1, 0.15) is 16.9 Å². The fraction of sp³-hybridized carbons (Fsp3) is 0.615. The van der Waals surface area contributed by atoms with Gasteiger partial charge < -0.3 is 15.5 Å². The number of anilines is 1. The van der Waals surface area contributed by atoms with Gasteiger partial charge in [-0.3, -0.25) is 4.79 Å². The summed E-state index contributed by atoms with van der Waals surface area (Å²) in [5.41, 5.74) is 0.228. The van der Waals surface area contributed by atoms with Gasteiger partial charge >= 0.3 is 0 Å². The van der Waals surface area contributed by atoms with Crippen LogP contribution in [-0.4, -0.2) is 73.9 Å². The maximum Gasteiger partial charge on any atom is 0.270 e. The molecular weight excluding hydrogens is 306 g/mol. The Morgan fingerprint density at radius 3 is 2.82 bits per heavy atom. The Labute approximate surface area is 130 Å². The van der Waals surface area contributed by atoms with Crippen LogP contribution in [0.4, 0.5) is 5.82 Å². The summed E-state index contributed by atoms with van der Waals surface area (Å²) < 4.78 is 22.8. The van der Waals surface area contributed by atoms with Crippen molar-refractivity contribution < 1.29 is 13.2 Å². The molecule has 0 saturated carbocycles. The molecule has 1 aliphatic rings. The summed E-state index contributed by atoms with van der Waals surface area (Å²) in [6, 6.07) is 1.23. The lowest BCUT2D eigenvalue weighted by Crippen LogP contribution is -2.36. The number of nitrogens with zero attached hydrogens (tertiary/aromatic N) is 3. The Balaban J connectivity index is 1.92. The third kappa shape index (κ3) is 4.92. The van der Waals surface area contributed by atoms with Crippen LogP contribution < -0.4 is 10.6 Å². The van der Waals surface area contributed by atoms with E-state index in [4.69, 9.17) is 0 Å². The number of rotatable bonds is 6. The highest BCUT2D eigenvalue weighted by Gasteiger charge is 2.29. The molecule has 0 bridgehead atoms. The smallest absolute Gasteiger partial charge is 0.270 e. The van der Waals surface area contributed by atoms with Crippen LogP contribution in [0.3, 0.4) is 0 Å². The summed E-state index contributed by atoms with van der Waals surface area (Å²) in [7, 11) is 0.921. The number of nitrogens with one attached hydrogen (secondary N) is 2. The summed E-state index contributed by atoms with van der Waals surface area (Å²) in [6.45, 7) is 1.54. The molecule has 122 valence electrons. The molecule has 22 heavy (non-hydrogen) atoms. The minimum atomic E-state index is -3.02. The Bertz CT molecular complexity index is 632. The van der Waals surface area contributed by atoms with Gasteiger partial charge in [-0.1, -0.05) is 0 Å². The predicted octanol–water partition coefficient (Wildman–Crippen LogP) is -0.633. The third-order valence-corrected chi connectivity index (χ3v) is 5.10. The zero-order valence-corrected chi connectivity index (χ0v) is 13.6. The van der Waals surface area contributed by atoms with Gasteiger partial charge in [-0.25, -0.2) is 18.4 Å². The summed E-state index contributed by atoms with van der Waals surface area (Å²) >= 11 is 0. The molecule has 0 aliphatic carbocycles. The highest BCUT2D eigenvalue weighted by Crippen LogP contribution is 2.12. The van der Waals surface area contributed by atoms with E-state index >= 15 is 0 Å². The monoisotopic (exact) mass is 327 g/mol. The Hall–Kier alpha value is -1.74. The lowest BCUT2D eigenvalue weighted by atomic mass is 10.2. The second-order valence-corrected chi connectivity index (χ2v) is 7.82. The SMILES string of the molecule is CN(C)CCNc1cc(C(=O)NC2CCS(=O)(=O)C2)ncn1. The van der Waals surface area contributed by atoms with Crippen molar-refractivity contribution in [2.75, 3.05) is 44.0 Å². The number of sulfone groups is 1. The van der Waals surface area contributed by atoms with E-state index in [2.05, 4.69) is 20.6 Å². The van der Waals surface area contributed by atoms with E-state index in [9.17, 15) is 13.2 Å². The molecule has 1 aromatic rings. The van der Waals surface area contributed by atoms with Gasteiger partial charge in [0.15, 0.2) is 9.84 Å². The minimum Gasteiger partial charge on any atom is -0.369 e. The van der Waals surface area contributed by atoms with Gasteiger partial charge in [0, 0.05) is 25.2 Å². The van der Waals surface area contributed by atoms with Crippen LogP contribution in [-0.2, 0) is 9.84 Å².